The average Bonchev–Trinajstić information content (AvgIpc) is 2.63. The fourth-order valence-corrected chi connectivity index (χ4v) is 3.14. The molecule has 1 N–H and O–H groups in total. The molecular weight excluding hydrogens is 387 g/mol. The zero-order chi connectivity index (χ0) is 17.6. The van der Waals surface area contributed by atoms with E-state index in [2.05, 4.69) is 36.0 Å². The number of halogens is 2. The predicted octanol–water partition coefficient (Wildman–Crippen LogP) is 3.13. The van der Waals surface area contributed by atoms with Gasteiger partial charge in [-0.05, 0) is 30.3 Å². The van der Waals surface area contributed by atoms with Crippen LogP contribution < -0.4 is 10.2 Å². The number of anilines is 2. The molecule has 1 aromatic carbocycles. The Bertz CT molecular complexity index is 720. The third kappa shape index (κ3) is 4.99. The molecule has 1 saturated heterocycles. The molecule has 1 aliphatic heterocycles. The van der Waals surface area contributed by atoms with E-state index in [0.29, 0.717) is 17.4 Å². The van der Waals surface area contributed by atoms with Gasteiger partial charge in [-0.15, -0.1) is 0 Å². The second-order valence-corrected chi connectivity index (χ2v) is 6.85. The number of piperazine rings is 1. The first-order valence-electron chi connectivity index (χ1n) is 8.25. The van der Waals surface area contributed by atoms with Crippen LogP contribution in [0.5, 0.6) is 0 Å². The van der Waals surface area contributed by atoms with E-state index < -0.39 is 5.82 Å². The summed E-state index contributed by atoms with van der Waals surface area (Å²) in [7, 11) is 0. The summed E-state index contributed by atoms with van der Waals surface area (Å²) in [5.74, 6) is 0.380. The zero-order valence-corrected chi connectivity index (χ0v) is 15.4. The third-order valence-corrected chi connectivity index (χ3v) is 4.70. The molecule has 132 valence electrons. The van der Waals surface area contributed by atoms with Crippen molar-refractivity contribution in [2.45, 2.75) is 6.42 Å². The van der Waals surface area contributed by atoms with Crippen molar-refractivity contribution in [3.8, 4) is 0 Å². The number of carbonyl (C=O) groups excluding carboxylic acids is 1. The molecule has 0 saturated carbocycles. The Morgan fingerprint density at radius 2 is 2.00 bits per heavy atom. The fraction of sp³-hybridized carbons (Fsp3) is 0.333. The highest BCUT2D eigenvalue weighted by atomic mass is 79.9. The second kappa shape index (κ2) is 8.40. The minimum Gasteiger partial charge on any atom is -0.354 e. The molecule has 2 aromatic rings. The van der Waals surface area contributed by atoms with Crippen molar-refractivity contribution >= 4 is 33.3 Å². The van der Waals surface area contributed by atoms with Crippen LogP contribution in [0.1, 0.15) is 6.42 Å². The summed E-state index contributed by atoms with van der Waals surface area (Å²) in [4.78, 5) is 20.9. The monoisotopic (exact) mass is 406 g/mol. The van der Waals surface area contributed by atoms with Gasteiger partial charge in [0, 0.05) is 49.8 Å². The number of benzene rings is 1. The van der Waals surface area contributed by atoms with E-state index in [0.717, 1.165) is 32.0 Å². The zero-order valence-electron chi connectivity index (χ0n) is 13.8. The lowest BCUT2D eigenvalue weighted by Crippen LogP contribution is -2.47. The van der Waals surface area contributed by atoms with Crippen molar-refractivity contribution in [1.82, 2.24) is 9.88 Å². The van der Waals surface area contributed by atoms with Crippen LogP contribution in [-0.2, 0) is 4.79 Å². The number of nitrogens with one attached hydrogen (secondary N) is 1. The Morgan fingerprint density at radius 1 is 1.20 bits per heavy atom. The lowest BCUT2D eigenvalue weighted by molar-refractivity contribution is -0.116. The van der Waals surface area contributed by atoms with Crippen molar-refractivity contribution in [3.05, 3.63) is 52.9 Å². The number of rotatable bonds is 5. The van der Waals surface area contributed by atoms with Gasteiger partial charge in [-0.2, -0.15) is 0 Å². The van der Waals surface area contributed by atoms with E-state index >= 15 is 0 Å². The van der Waals surface area contributed by atoms with Crippen LogP contribution in [0.3, 0.4) is 0 Å². The Morgan fingerprint density at radius 3 is 2.68 bits per heavy atom. The Kier molecular flexibility index (Phi) is 5.99. The van der Waals surface area contributed by atoms with Crippen molar-refractivity contribution in [2.24, 2.45) is 0 Å². The van der Waals surface area contributed by atoms with Crippen LogP contribution in [0.2, 0.25) is 0 Å². The summed E-state index contributed by atoms with van der Waals surface area (Å²) in [6.07, 6.45) is 2.15. The molecule has 0 radical (unpaired) electrons. The number of amides is 1. The van der Waals surface area contributed by atoms with Gasteiger partial charge in [-0.3, -0.25) is 9.69 Å². The summed E-state index contributed by atoms with van der Waals surface area (Å²) in [5, 5.41) is 2.63. The molecule has 3 rings (SSSR count). The minimum absolute atomic E-state index is 0.173. The number of aromatic nitrogens is 1. The van der Waals surface area contributed by atoms with Crippen LogP contribution in [-0.4, -0.2) is 48.5 Å². The highest BCUT2D eigenvalue weighted by Crippen LogP contribution is 2.19. The van der Waals surface area contributed by atoms with Gasteiger partial charge in [0.05, 0.1) is 5.69 Å². The molecule has 0 spiro atoms. The molecule has 1 aromatic heterocycles. The standard InChI is InChI=1S/C18H20BrFN4O/c19-14-4-5-16(15(20)13-14)22-18(25)6-8-23-9-11-24(12-10-23)17-3-1-2-7-21-17/h1-5,7,13H,6,8-12H2,(H,22,25). The molecule has 5 nitrogen and oxygen atoms in total. The van der Waals surface area contributed by atoms with Crippen LogP contribution in [0.15, 0.2) is 47.1 Å². The van der Waals surface area contributed by atoms with Crippen molar-refractivity contribution in [1.29, 1.82) is 0 Å². The van der Waals surface area contributed by atoms with E-state index in [9.17, 15) is 9.18 Å². The number of hydrogen-bond acceptors (Lipinski definition) is 4. The van der Waals surface area contributed by atoms with Gasteiger partial charge in [0.2, 0.25) is 5.91 Å². The van der Waals surface area contributed by atoms with Crippen LogP contribution >= 0.6 is 15.9 Å². The highest BCUT2D eigenvalue weighted by Gasteiger charge is 2.18. The molecule has 0 unspecified atom stereocenters. The quantitative estimate of drug-likeness (QED) is 0.828. The van der Waals surface area contributed by atoms with Crippen LogP contribution in [0, 0.1) is 5.82 Å². The fourth-order valence-electron chi connectivity index (χ4n) is 2.80. The summed E-state index contributed by atoms with van der Waals surface area (Å²) >= 11 is 3.20. The molecule has 1 amide bonds. The highest BCUT2D eigenvalue weighted by molar-refractivity contribution is 9.10. The Labute approximate surface area is 155 Å². The normalized spacial score (nSPS) is 15.2. The first kappa shape index (κ1) is 17.8. The first-order valence-corrected chi connectivity index (χ1v) is 9.04. The summed E-state index contributed by atoms with van der Waals surface area (Å²) in [6, 6.07) is 10.5. The summed E-state index contributed by atoms with van der Waals surface area (Å²) in [6.45, 7) is 4.22. The lowest BCUT2D eigenvalue weighted by Gasteiger charge is -2.35. The first-order chi connectivity index (χ1) is 12.1. The van der Waals surface area contributed by atoms with Gasteiger partial charge in [0.1, 0.15) is 11.6 Å². The SMILES string of the molecule is O=C(CCN1CCN(c2ccccn2)CC1)Nc1ccc(Br)cc1F. The van der Waals surface area contributed by atoms with Crippen molar-refractivity contribution in [3.63, 3.8) is 0 Å². The molecule has 0 aliphatic carbocycles. The maximum absolute atomic E-state index is 13.7. The van der Waals surface area contributed by atoms with Gasteiger partial charge in [-0.25, -0.2) is 9.37 Å². The minimum atomic E-state index is -0.438. The van der Waals surface area contributed by atoms with E-state index in [1.807, 2.05) is 18.2 Å². The van der Waals surface area contributed by atoms with Gasteiger partial charge in [0.15, 0.2) is 0 Å². The van der Waals surface area contributed by atoms with Crippen LogP contribution in [0.4, 0.5) is 15.9 Å². The van der Waals surface area contributed by atoms with Crippen molar-refractivity contribution in [2.75, 3.05) is 42.9 Å². The topological polar surface area (TPSA) is 48.5 Å². The number of hydrogen-bond donors (Lipinski definition) is 1. The van der Waals surface area contributed by atoms with Crippen LogP contribution in [0.25, 0.3) is 0 Å². The predicted molar refractivity (Wildman–Crippen MR) is 100 cm³/mol. The molecule has 1 aliphatic rings. The number of carbonyl (C=O) groups is 1. The number of nitrogens with zero attached hydrogens (tertiary/aromatic N) is 3. The smallest absolute Gasteiger partial charge is 0.225 e. The van der Waals surface area contributed by atoms with E-state index in [1.54, 1.807) is 18.3 Å². The van der Waals surface area contributed by atoms with Gasteiger partial charge in [0.25, 0.3) is 0 Å². The van der Waals surface area contributed by atoms with E-state index in [1.165, 1.54) is 6.07 Å². The van der Waals surface area contributed by atoms with Gasteiger partial charge < -0.3 is 10.2 Å². The lowest BCUT2D eigenvalue weighted by atomic mass is 10.2. The van der Waals surface area contributed by atoms with Gasteiger partial charge in [-0.1, -0.05) is 22.0 Å². The summed E-state index contributed by atoms with van der Waals surface area (Å²) in [5.41, 5.74) is 0.216. The molecule has 1 fully saturated rings. The average molecular weight is 407 g/mol. The molecule has 0 atom stereocenters. The Balaban J connectivity index is 1.43. The number of pyridine rings is 1. The largest absolute Gasteiger partial charge is 0.354 e. The molecule has 0 bridgehead atoms. The van der Waals surface area contributed by atoms with Gasteiger partial charge >= 0.3 is 0 Å². The van der Waals surface area contributed by atoms with E-state index in [-0.39, 0.29) is 11.6 Å². The maximum atomic E-state index is 13.7. The maximum Gasteiger partial charge on any atom is 0.225 e. The molecule has 2 heterocycles. The van der Waals surface area contributed by atoms with E-state index in [4.69, 9.17) is 0 Å². The van der Waals surface area contributed by atoms with Crippen molar-refractivity contribution < 1.29 is 9.18 Å². The molecule has 25 heavy (non-hydrogen) atoms. The Hall–Kier alpha value is -1.99. The molecular formula is C18H20BrFN4O. The summed E-state index contributed by atoms with van der Waals surface area (Å²) < 4.78 is 14.4. The third-order valence-electron chi connectivity index (χ3n) is 4.21. The second-order valence-electron chi connectivity index (χ2n) is 5.94. The molecule has 7 heteroatoms.